The van der Waals surface area contributed by atoms with Gasteiger partial charge in [0.1, 0.15) is 11.4 Å². The summed E-state index contributed by atoms with van der Waals surface area (Å²) in [5.41, 5.74) is 3.14. The number of aromatic hydroxyl groups is 1. The normalized spacial score (nSPS) is 11.2. The molecule has 1 heterocycles. The standard InChI is InChI=1S/C17H13ClN2O2/c1-11-6-8-12(9-7-11)15-16(18)22-17(20-15)19-10-13-4-2-3-5-14(13)21/h2-10,21H,1H3/b19-10+. The van der Waals surface area contributed by atoms with Gasteiger partial charge in [0, 0.05) is 17.3 Å². The van der Waals surface area contributed by atoms with E-state index in [4.69, 9.17) is 16.0 Å². The fourth-order valence-corrected chi connectivity index (χ4v) is 2.18. The van der Waals surface area contributed by atoms with Crippen LogP contribution in [0.25, 0.3) is 11.3 Å². The Morgan fingerprint density at radius 2 is 1.86 bits per heavy atom. The summed E-state index contributed by atoms with van der Waals surface area (Å²) in [7, 11) is 0. The number of hydrogen-bond acceptors (Lipinski definition) is 4. The van der Waals surface area contributed by atoms with Gasteiger partial charge >= 0.3 is 6.01 Å². The van der Waals surface area contributed by atoms with Crippen LogP contribution in [0.1, 0.15) is 11.1 Å². The number of benzene rings is 2. The maximum absolute atomic E-state index is 9.68. The molecule has 0 saturated heterocycles. The van der Waals surface area contributed by atoms with Crippen LogP contribution in [0.2, 0.25) is 5.22 Å². The SMILES string of the molecule is Cc1ccc(-c2nc(/N=C/c3ccccc3O)oc2Cl)cc1. The number of oxazole rings is 1. The lowest BCUT2D eigenvalue weighted by molar-refractivity contribution is 0.474. The summed E-state index contributed by atoms with van der Waals surface area (Å²) in [6.07, 6.45) is 1.48. The third kappa shape index (κ3) is 3.02. The number of aliphatic imine (C=N–C) groups is 1. The second-order valence-corrected chi connectivity index (χ2v) is 5.15. The number of aromatic nitrogens is 1. The molecule has 0 bridgehead atoms. The molecule has 0 atom stereocenters. The molecular weight excluding hydrogens is 300 g/mol. The highest BCUT2D eigenvalue weighted by Crippen LogP contribution is 2.31. The first-order valence-corrected chi connectivity index (χ1v) is 7.07. The van der Waals surface area contributed by atoms with Crippen molar-refractivity contribution in [3.63, 3.8) is 0 Å². The summed E-state index contributed by atoms with van der Waals surface area (Å²) >= 11 is 6.08. The van der Waals surface area contributed by atoms with Crippen molar-refractivity contribution in [2.75, 3.05) is 0 Å². The van der Waals surface area contributed by atoms with Gasteiger partial charge in [-0.3, -0.25) is 0 Å². The Bertz CT molecular complexity index is 823. The Balaban J connectivity index is 1.89. The second kappa shape index (κ2) is 6.03. The van der Waals surface area contributed by atoms with Crippen molar-refractivity contribution >= 4 is 23.8 Å². The monoisotopic (exact) mass is 312 g/mol. The molecule has 0 fully saturated rings. The first-order valence-electron chi connectivity index (χ1n) is 6.69. The van der Waals surface area contributed by atoms with E-state index in [9.17, 15) is 5.11 Å². The predicted molar refractivity (Wildman–Crippen MR) is 87.0 cm³/mol. The van der Waals surface area contributed by atoms with Crippen LogP contribution < -0.4 is 0 Å². The lowest BCUT2D eigenvalue weighted by atomic mass is 10.1. The average Bonchev–Trinajstić information content (AvgIpc) is 2.88. The maximum atomic E-state index is 9.68. The third-order valence-electron chi connectivity index (χ3n) is 3.15. The van der Waals surface area contributed by atoms with E-state index < -0.39 is 0 Å². The van der Waals surface area contributed by atoms with Crippen LogP contribution >= 0.6 is 11.6 Å². The first-order chi connectivity index (χ1) is 10.6. The molecule has 110 valence electrons. The molecule has 3 aromatic rings. The quantitative estimate of drug-likeness (QED) is 0.709. The molecule has 0 amide bonds. The van der Waals surface area contributed by atoms with Crippen molar-refractivity contribution < 1.29 is 9.52 Å². The minimum absolute atomic E-state index is 0.141. The van der Waals surface area contributed by atoms with Gasteiger partial charge in [0.25, 0.3) is 0 Å². The molecule has 0 radical (unpaired) electrons. The second-order valence-electron chi connectivity index (χ2n) is 4.80. The molecular formula is C17H13ClN2O2. The van der Waals surface area contributed by atoms with Crippen LogP contribution in [0, 0.1) is 6.92 Å². The van der Waals surface area contributed by atoms with E-state index in [1.165, 1.54) is 6.21 Å². The largest absolute Gasteiger partial charge is 0.507 e. The van der Waals surface area contributed by atoms with Crippen LogP contribution in [0.3, 0.4) is 0 Å². The van der Waals surface area contributed by atoms with Crippen molar-refractivity contribution in [2.45, 2.75) is 6.92 Å². The van der Waals surface area contributed by atoms with E-state index in [0.717, 1.165) is 11.1 Å². The Morgan fingerprint density at radius 3 is 2.59 bits per heavy atom. The summed E-state index contributed by atoms with van der Waals surface area (Å²) in [5, 5.41) is 9.87. The number of phenolic OH excluding ortho intramolecular Hbond substituents is 1. The molecule has 1 aromatic heterocycles. The average molecular weight is 313 g/mol. The number of para-hydroxylation sites is 1. The van der Waals surface area contributed by atoms with E-state index in [1.807, 2.05) is 31.2 Å². The number of rotatable bonds is 3. The van der Waals surface area contributed by atoms with Crippen molar-refractivity contribution in [3.8, 4) is 17.0 Å². The van der Waals surface area contributed by atoms with Crippen molar-refractivity contribution in [1.82, 2.24) is 4.98 Å². The Kier molecular flexibility index (Phi) is 3.94. The van der Waals surface area contributed by atoms with Gasteiger partial charge in [0.15, 0.2) is 0 Å². The lowest BCUT2D eigenvalue weighted by Gasteiger charge is -1.96. The highest BCUT2D eigenvalue weighted by atomic mass is 35.5. The van der Waals surface area contributed by atoms with Crippen LogP contribution in [-0.4, -0.2) is 16.3 Å². The molecule has 2 aromatic carbocycles. The molecule has 0 aliphatic heterocycles. The molecule has 0 aliphatic carbocycles. The van der Waals surface area contributed by atoms with Gasteiger partial charge in [-0.15, -0.1) is 0 Å². The minimum Gasteiger partial charge on any atom is -0.507 e. The van der Waals surface area contributed by atoms with Crippen LogP contribution in [0.4, 0.5) is 6.01 Å². The molecule has 0 saturated carbocycles. The zero-order valence-corrected chi connectivity index (χ0v) is 12.6. The fraction of sp³-hybridized carbons (Fsp3) is 0.0588. The first kappa shape index (κ1) is 14.4. The smallest absolute Gasteiger partial charge is 0.323 e. The summed E-state index contributed by atoms with van der Waals surface area (Å²) in [4.78, 5) is 8.39. The Hall–Kier alpha value is -2.59. The van der Waals surface area contributed by atoms with Gasteiger partial charge < -0.3 is 9.52 Å². The number of hydrogen-bond donors (Lipinski definition) is 1. The molecule has 0 spiro atoms. The summed E-state index contributed by atoms with van der Waals surface area (Å²) < 4.78 is 5.34. The van der Waals surface area contributed by atoms with Crippen LogP contribution in [0.5, 0.6) is 5.75 Å². The minimum atomic E-state index is 0.141. The molecule has 1 N–H and O–H groups in total. The summed E-state index contributed by atoms with van der Waals surface area (Å²) in [5.74, 6) is 0.141. The van der Waals surface area contributed by atoms with E-state index in [1.54, 1.807) is 24.3 Å². The number of aryl methyl sites for hydroxylation is 1. The predicted octanol–water partition coefficient (Wildman–Crippen LogP) is 4.76. The van der Waals surface area contributed by atoms with Crippen LogP contribution in [-0.2, 0) is 0 Å². The highest BCUT2D eigenvalue weighted by molar-refractivity contribution is 6.31. The Morgan fingerprint density at radius 1 is 1.14 bits per heavy atom. The van der Waals surface area contributed by atoms with Crippen LogP contribution in [0.15, 0.2) is 57.9 Å². The Labute approximate surface area is 132 Å². The van der Waals surface area contributed by atoms with Gasteiger partial charge in [0.2, 0.25) is 5.22 Å². The molecule has 3 rings (SSSR count). The van der Waals surface area contributed by atoms with Gasteiger partial charge in [0.05, 0.1) is 0 Å². The summed E-state index contributed by atoms with van der Waals surface area (Å²) in [6.45, 7) is 2.01. The van der Waals surface area contributed by atoms with Gasteiger partial charge in [-0.05, 0) is 30.7 Å². The van der Waals surface area contributed by atoms with Crippen molar-refractivity contribution in [3.05, 3.63) is 64.9 Å². The molecule has 4 nitrogen and oxygen atoms in total. The zero-order chi connectivity index (χ0) is 15.5. The molecule has 0 unspecified atom stereocenters. The zero-order valence-electron chi connectivity index (χ0n) is 11.8. The van der Waals surface area contributed by atoms with E-state index in [0.29, 0.717) is 11.3 Å². The molecule has 0 aliphatic rings. The fourth-order valence-electron chi connectivity index (χ4n) is 1.96. The van der Waals surface area contributed by atoms with E-state index in [-0.39, 0.29) is 17.0 Å². The maximum Gasteiger partial charge on any atom is 0.323 e. The lowest BCUT2D eigenvalue weighted by Crippen LogP contribution is -1.81. The molecule has 22 heavy (non-hydrogen) atoms. The highest BCUT2D eigenvalue weighted by Gasteiger charge is 2.12. The van der Waals surface area contributed by atoms with Crippen molar-refractivity contribution in [2.24, 2.45) is 4.99 Å². The number of phenols is 1. The topological polar surface area (TPSA) is 58.6 Å². The third-order valence-corrected chi connectivity index (χ3v) is 3.41. The number of nitrogens with zero attached hydrogens (tertiary/aromatic N) is 2. The molecule has 5 heteroatoms. The summed E-state index contributed by atoms with van der Waals surface area (Å²) in [6, 6.07) is 14.8. The van der Waals surface area contributed by atoms with Crippen molar-refractivity contribution in [1.29, 1.82) is 0 Å². The van der Waals surface area contributed by atoms with Gasteiger partial charge in [-0.1, -0.05) is 42.0 Å². The van der Waals surface area contributed by atoms with E-state index >= 15 is 0 Å². The van der Waals surface area contributed by atoms with Gasteiger partial charge in [-0.2, -0.15) is 4.98 Å². The van der Waals surface area contributed by atoms with E-state index in [2.05, 4.69) is 9.98 Å². The van der Waals surface area contributed by atoms with Gasteiger partial charge in [-0.25, -0.2) is 4.99 Å². The number of halogens is 1.